The molecule has 7 nitrogen and oxygen atoms in total. The average molecular weight is 483 g/mol. The summed E-state index contributed by atoms with van der Waals surface area (Å²) in [5, 5.41) is 6.04. The van der Waals surface area contributed by atoms with Gasteiger partial charge in [0.15, 0.2) is 5.82 Å². The van der Waals surface area contributed by atoms with Crippen molar-refractivity contribution in [2.24, 2.45) is 16.7 Å². The van der Waals surface area contributed by atoms with Gasteiger partial charge in [-0.05, 0) is 66.6 Å². The standard InChI is InChI=1S/C25H25F3N6O/c26-25(27,28)20-15-18(17-3-1-2-4-17)8-11-21(20)32-23-24(35)34(14-13-31-23)19-9-5-16(6-10-19)7-12-22(29)33-30/h3,5-6,8-11,13-15H,1-2,4,7,12,30H2,(H2,29,33)(H,31,32). The second kappa shape index (κ2) is 10.0. The number of nitrogens with two attached hydrogens (primary N) is 2. The first-order valence-electron chi connectivity index (χ1n) is 11.1. The molecule has 0 saturated carbocycles. The van der Waals surface area contributed by atoms with Crippen molar-refractivity contribution in [2.45, 2.75) is 38.3 Å². The predicted octanol–water partition coefficient (Wildman–Crippen LogP) is 4.73. The van der Waals surface area contributed by atoms with Crippen molar-refractivity contribution in [1.82, 2.24) is 9.55 Å². The Morgan fingerprint density at radius 1 is 1.17 bits per heavy atom. The number of hydrazone groups is 1. The summed E-state index contributed by atoms with van der Waals surface area (Å²) in [6.45, 7) is 0. The Hall–Kier alpha value is -4.08. The van der Waals surface area contributed by atoms with Gasteiger partial charge in [-0.15, -0.1) is 0 Å². The monoisotopic (exact) mass is 482 g/mol. The van der Waals surface area contributed by atoms with Gasteiger partial charge in [-0.2, -0.15) is 18.3 Å². The van der Waals surface area contributed by atoms with E-state index in [1.807, 2.05) is 18.2 Å². The van der Waals surface area contributed by atoms with Gasteiger partial charge >= 0.3 is 6.18 Å². The van der Waals surface area contributed by atoms with Crippen molar-refractivity contribution >= 4 is 22.9 Å². The van der Waals surface area contributed by atoms with Crippen molar-refractivity contribution in [1.29, 1.82) is 0 Å². The normalized spacial score (nSPS) is 14.1. The summed E-state index contributed by atoms with van der Waals surface area (Å²) in [6, 6.07) is 11.2. The Bertz CT molecular complexity index is 1330. The van der Waals surface area contributed by atoms with Gasteiger partial charge in [0.05, 0.1) is 11.3 Å². The van der Waals surface area contributed by atoms with Crippen LogP contribution in [0.15, 0.2) is 70.8 Å². The minimum absolute atomic E-state index is 0.207. The van der Waals surface area contributed by atoms with E-state index in [-0.39, 0.29) is 11.5 Å². The fourth-order valence-corrected chi connectivity index (χ4v) is 4.01. The third kappa shape index (κ3) is 5.53. The summed E-state index contributed by atoms with van der Waals surface area (Å²) in [5.74, 6) is 5.27. The van der Waals surface area contributed by atoms with Gasteiger partial charge in [0.2, 0.25) is 0 Å². The third-order valence-corrected chi connectivity index (χ3v) is 5.88. The summed E-state index contributed by atoms with van der Waals surface area (Å²) in [6.07, 6.45) is 3.85. The molecular weight excluding hydrogens is 457 g/mol. The number of allylic oxidation sites excluding steroid dienone is 2. The molecule has 1 heterocycles. The van der Waals surface area contributed by atoms with Gasteiger partial charge in [-0.25, -0.2) is 4.98 Å². The Morgan fingerprint density at radius 3 is 2.60 bits per heavy atom. The van der Waals surface area contributed by atoms with Crippen LogP contribution in [0.1, 0.15) is 42.4 Å². The molecule has 1 aromatic heterocycles. The number of nitrogens with one attached hydrogen (secondary N) is 1. The van der Waals surface area contributed by atoms with Crippen LogP contribution >= 0.6 is 0 Å². The molecule has 0 unspecified atom stereocenters. The van der Waals surface area contributed by atoms with Crippen molar-refractivity contribution in [3.8, 4) is 5.69 Å². The largest absolute Gasteiger partial charge is 0.418 e. The number of hydrogen-bond acceptors (Lipinski definition) is 5. The zero-order chi connectivity index (χ0) is 25.0. The second-order valence-corrected chi connectivity index (χ2v) is 8.24. The molecule has 0 spiro atoms. The van der Waals surface area contributed by atoms with Gasteiger partial charge in [-0.1, -0.05) is 24.3 Å². The molecule has 182 valence electrons. The number of rotatable bonds is 7. The van der Waals surface area contributed by atoms with E-state index in [9.17, 15) is 18.0 Å². The molecule has 0 bridgehead atoms. The van der Waals surface area contributed by atoms with Crippen molar-refractivity contribution in [3.05, 3.63) is 88.0 Å². The van der Waals surface area contributed by atoms with Crippen LogP contribution in [0.2, 0.25) is 0 Å². The second-order valence-electron chi connectivity index (χ2n) is 8.24. The number of nitrogens with zero attached hydrogens (tertiary/aromatic N) is 3. The number of aryl methyl sites for hydroxylation is 1. The number of aromatic nitrogens is 2. The molecule has 0 fully saturated rings. The van der Waals surface area contributed by atoms with Crippen LogP contribution in [0.25, 0.3) is 11.3 Å². The van der Waals surface area contributed by atoms with Crippen molar-refractivity contribution in [3.63, 3.8) is 0 Å². The minimum Gasteiger partial charge on any atom is -0.386 e. The van der Waals surface area contributed by atoms with Crippen LogP contribution in [0.4, 0.5) is 24.7 Å². The highest BCUT2D eigenvalue weighted by molar-refractivity contribution is 5.80. The minimum atomic E-state index is -4.60. The molecule has 0 aliphatic heterocycles. The molecule has 1 aliphatic carbocycles. The molecule has 10 heteroatoms. The van der Waals surface area contributed by atoms with E-state index >= 15 is 0 Å². The predicted molar refractivity (Wildman–Crippen MR) is 131 cm³/mol. The lowest BCUT2D eigenvalue weighted by atomic mass is 10.0. The molecule has 2 aromatic carbocycles. The highest BCUT2D eigenvalue weighted by Crippen LogP contribution is 2.39. The van der Waals surface area contributed by atoms with E-state index in [1.165, 1.54) is 23.0 Å². The Balaban J connectivity index is 1.61. The molecule has 3 aromatic rings. The number of anilines is 2. The first kappa shape index (κ1) is 24.1. The van der Waals surface area contributed by atoms with Crippen molar-refractivity contribution < 1.29 is 13.2 Å². The summed E-state index contributed by atoms with van der Waals surface area (Å²) in [7, 11) is 0. The molecule has 0 atom stereocenters. The highest BCUT2D eigenvalue weighted by atomic mass is 19.4. The summed E-state index contributed by atoms with van der Waals surface area (Å²) in [4.78, 5) is 17.0. The lowest BCUT2D eigenvalue weighted by molar-refractivity contribution is -0.136. The van der Waals surface area contributed by atoms with Gasteiger partial charge in [0.1, 0.15) is 5.84 Å². The third-order valence-electron chi connectivity index (χ3n) is 5.88. The van der Waals surface area contributed by atoms with E-state index in [2.05, 4.69) is 15.4 Å². The summed E-state index contributed by atoms with van der Waals surface area (Å²) in [5.41, 5.74) is 6.93. The van der Waals surface area contributed by atoms with Gasteiger partial charge in [0.25, 0.3) is 5.56 Å². The first-order valence-corrected chi connectivity index (χ1v) is 11.1. The van der Waals surface area contributed by atoms with Crippen molar-refractivity contribution in [2.75, 3.05) is 5.32 Å². The molecule has 0 saturated heterocycles. The maximum atomic E-state index is 13.9. The van der Waals surface area contributed by atoms with Crippen LogP contribution in [-0.4, -0.2) is 15.4 Å². The molecule has 1 aliphatic rings. The maximum absolute atomic E-state index is 13.9. The molecule has 5 N–H and O–H groups in total. The lowest BCUT2D eigenvalue weighted by Crippen LogP contribution is -2.22. The first-order chi connectivity index (χ1) is 16.8. The van der Waals surface area contributed by atoms with E-state index < -0.39 is 17.3 Å². The van der Waals surface area contributed by atoms with E-state index in [0.717, 1.165) is 36.5 Å². The fourth-order valence-electron chi connectivity index (χ4n) is 4.01. The molecule has 0 radical (unpaired) electrons. The van der Waals surface area contributed by atoms with Gasteiger partial charge < -0.3 is 16.9 Å². The number of alkyl halides is 3. The number of benzene rings is 2. The number of halogens is 3. The van der Waals surface area contributed by atoms with Crippen LogP contribution in [0, 0.1) is 0 Å². The van der Waals surface area contributed by atoms with Crippen LogP contribution in [-0.2, 0) is 12.6 Å². The highest BCUT2D eigenvalue weighted by Gasteiger charge is 2.34. The van der Waals surface area contributed by atoms with Crippen LogP contribution < -0.4 is 22.5 Å². The SMILES string of the molecule is N/N=C(\N)CCc1ccc(-n2ccnc(Nc3ccc(C4=CCCC4)cc3C(F)(F)F)c2=O)cc1. The number of amidine groups is 1. The Labute approximate surface area is 200 Å². The zero-order valence-electron chi connectivity index (χ0n) is 18.8. The summed E-state index contributed by atoms with van der Waals surface area (Å²) < 4.78 is 42.9. The molecular formula is C25H25F3N6O. The fraction of sp³-hybridized carbons (Fsp3) is 0.240. The van der Waals surface area contributed by atoms with Gasteiger partial charge in [-0.3, -0.25) is 9.36 Å². The Kier molecular flexibility index (Phi) is 6.90. The van der Waals surface area contributed by atoms with Crippen LogP contribution in [0.3, 0.4) is 0 Å². The maximum Gasteiger partial charge on any atom is 0.418 e. The van der Waals surface area contributed by atoms with Crippen LogP contribution in [0.5, 0.6) is 0 Å². The molecule has 4 rings (SSSR count). The zero-order valence-corrected chi connectivity index (χ0v) is 18.8. The lowest BCUT2D eigenvalue weighted by Gasteiger charge is -2.16. The quantitative estimate of drug-likeness (QED) is 0.195. The smallest absolute Gasteiger partial charge is 0.386 e. The van der Waals surface area contributed by atoms with E-state index in [1.54, 1.807) is 18.2 Å². The Morgan fingerprint density at radius 2 is 1.94 bits per heavy atom. The summed E-state index contributed by atoms with van der Waals surface area (Å²) >= 11 is 0. The number of hydrogen-bond donors (Lipinski definition) is 3. The average Bonchev–Trinajstić information content (AvgIpc) is 3.39. The molecule has 0 amide bonds. The molecule has 35 heavy (non-hydrogen) atoms. The van der Waals surface area contributed by atoms with E-state index in [0.29, 0.717) is 29.9 Å². The van der Waals surface area contributed by atoms with Gasteiger partial charge in [0, 0.05) is 24.5 Å². The topological polar surface area (TPSA) is 111 Å². The van der Waals surface area contributed by atoms with E-state index in [4.69, 9.17) is 11.6 Å².